The number of carbonyl (C=O) groups excluding carboxylic acids is 1. The van der Waals surface area contributed by atoms with Gasteiger partial charge in [0, 0.05) is 16.4 Å². The van der Waals surface area contributed by atoms with Gasteiger partial charge < -0.3 is 19.9 Å². The van der Waals surface area contributed by atoms with Crippen LogP contribution in [-0.2, 0) is 23.0 Å². The summed E-state index contributed by atoms with van der Waals surface area (Å²) in [4.78, 5) is 13.9. The van der Waals surface area contributed by atoms with E-state index in [9.17, 15) is 4.79 Å². The molecule has 0 saturated heterocycles. The van der Waals surface area contributed by atoms with Gasteiger partial charge in [-0.3, -0.25) is 0 Å². The molecule has 8 heteroatoms. The number of thiocarbonyl (C=S) groups is 1. The van der Waals surface area contributed by atoms with Gasteiger partial charge in [-0.1, -0.05) is 32.3 Å². The molecule has 3 rings (SSSR count). The van der Waals surface area contributed by atoms with E-state index in [1.165, 1.54) is 11.3 Å². The van der Waals surface area contributed by atoms with Gasteiger partial charge in [-0.05, 0) is 50.4 Å². The number of hydrogen-bond donors (Lipinski definition) is 2. The van der Waals surface area contributed by atoms with E-state index < -0.39 is 0 Å². The van der Waals surface area contributed by atoms with Crippen molar-refractivity contribution in [2.75, 3.05) is 17.2 Å². The number of aromatic nitrogens is 1. The van der Waals surface area contributed by atoms with Crippen molar-refractivity contribution in [2.45, 2.75) is 65.2 Å². The summed E-state index contributed by atoms with van der Waals surface area (Å²) < 4.78 is 10.7. The second-order valence-electron chi connectivity index (χ2n) is 7.89. The van der Waals surface area contributed by atoms with Gasteiger partial charge in [0.15, 0.2) is 10.9 Å². The number of aryl methyl sites for hydroxylation is 1. The minimum atomic E-state index is -0.288. The van der Waals surface area contributed by atoms with Crippen LogP contribution < -0.4 is 10.6 Å². The number of nitrogens with one attached hydrogen (secondary N) is 2. The maximum atomic E-state index is 12.6. The molecule has 0 amide bonds. The van der Waals surface area contributed by atoms with Crippen molar-refractivity contribution in [1.29, 1.82) is 0 Å². The standard InChI is InChI=1S/C20H27N3O3S2/c1-5-25-18(24)16-12-9-7-6-8-10-13(12)28-17(16)22-19(27)21-15-11-14(26-23-15)20(2,3)4/h11H,5-10H2,1-4H3,(H2,21,22,23,27). The number of ether oxygens (including phenoxy) is 1. The number of thiophene rings is 1. The Morgan fingerprint density at radius 1 is 1.29 bits per heavy atom. The van der Waals surface area contributed by atoms with Gasteiger partial charge in [0.1, 0.15) is 10.8 Å². The fraction of sp³-hybridized carbons (Fsp3) is 0.550. The average molecular weight is 422 g/mol. The Balaban J connectivity index is 1.80. The molecule has 0 unspecified atom stereocenters. The minimum absolute atomic E-state index is 0.135. The van der Waals surface area contributed by atoms with E-state index in [1.807, 2.05) is 13.0 Å². The van der Waals surface area contributed by atoms with E-state index in [0.29, 0.717) is 23.1 Å². The van der Waals surface area contributed by atoms with Crippen LogP contribution in [0.1, 0.15) is 73.5 Å². The number of rotatable bonds is 4. The quantitative estimate of drug-likeness (QED) is 0.395. The predicted octanol–water partition coefficient (Wildman–Crippen LogP) is 5.29. The van der Waals surface area contributed by atoms with Gasteiger partial charge in [-0.2, -0.15) is 0 Å². The molecule has 0 bridgehead atoms. The van der Waals surface area contributed by atoms with E-state index in [2.05, 4.69) is 36.6 Å². The van der Waals surface area contributed by atoms with Crippen molar-refractivity contribution in [2.24, 2.45) is 0 Å². The molecule has 0 radical (unpaired) electrons. The summed E-state index contributed by atoms with van der Waals surface area (Å²) in [6.07, 6.45) is 5.32. The van der Waals surface area contributed by atoms with Gasteiger partial charge >= 0.3 is 5.97 Å². The topological polar surface area (TPSA) is 76.4 Å². The van der Waals surface area contributed by atoms with Gasteiger partial charge in [0.2, 0.25) is 0 Å². The van der Waals surface area contributed by atoms with Crippen molar-refractivity contribution >= 4 is 45.5 Å². The maximum absolute atomic E-state index is 12.6. The molecule has 28 heavy (non-hydrogen) atoms. The second kappa shape index (κ2) is 8.61. The first-order chi connectivity index (χ1) is 13.3. The Hall–Kier alpha value is -1.93. The third-order valence-electron chi connectivity index (χ3n) is 4.62. The summed E-state index contributed by atoms with van der Waals surface area (Å²) in [6, 6.07) is 1.84. The minimum Gasteiger partial charge on any atom is -0.462 e. The van der Waals surface area contributed by atoms with E-state index in [-0.39, 0.29) is 11.4 Å². The van der Waals surface area contributed by atoms with Crippen LogP contribution in [-0.4, -0.2) is 22.8 Å². The van der Waals surface area contributed by atoms with Crippen molar-refractivity contribution in [1.82, 2.24) is 5.16 Å². The second-order valence-corrected chi connectivity index (χ2v) is 9.41. The number of hydrogen-bond acceptors (Lipinski definition) is 6. The molecule has 2 aromatic rings. The van der Waals surface area contributed by atoms with E-state index in [4.69, 9.17) is 21.5 Å². The van der Waals surface area contributed by atoms with Crippen LogP contribution in [0.5, 0.6) is 0 Å². The highest BCUT2D eigenvalue weighted by Gasteiger charge is 2.26. The van der Waals surface area contributed by atoms with Crippen LogP contribution in [0.3, 0.4) is 0 Å². The van der Waals surface area contributed by atoms with Gasteiger partial charge in [-0.25, -0.2) is 4.79 Å². The van der Waals surface area contributed by atoms with Crippen LogP contribution >= 0.6 is 23.6 Å². The van der Waals surface area contributed by atoms with E-state index >= 15 is 0 Å². The molecular weight excluding hydrogens is 394 g/mol. The van der Waals surface area contributed by atoms with Gasteiger partial charge in [-0.15, -0.1) is 11.3 Å². The molecule has 0 saturated carbocycles. The number of fused-ring (bicyclic) bond motifs is 1. The summed E-state index contributed by atoms with van der Waals surface area (Å²) in [5, 5.41) is 11.4. The SMILES string of the molecule is CCOC(=O)c1c(NC(=S)Nc2cc(C(C)(C)C)on2)sc2c1CCCCC2. The van der Waals surface area contributed by atoms with Crippen LogP contribution in [0.25, 0.3) is 0 Å². The first-order valence-electron chi connectivity index (χ1n) is 9.66. The number of esters is 1. The molecule has 2 aromatic heterocycles. The molecule has 1 aliphatic rings. The molecule has 0 aliphatic heterocycles. The molecule has 2 heterocycles. The Morgan fingerprint density at radius 2 is 2.04 bits per heavy atom. The molecule has 0 fully saturated rings. The summed E-state index contributed by atoms with van der Waals surface area (Å²) >= 11 is 7.04. The fourth-order valence-corrected chi connectivity index (χ4v) is 4.74. The van der Waals surface area contributed by atoms with Crippen molar-refractivity contribution in [3.63, 3.8) is 0 Å². The average Bonchev–Trinajstić information content (AvgIpc) is 3.13. The highest BCUT2D eigenvalue weighted by molar-refractivity contribution is 7.80. The van der Waals surface area contributed by atoms with Crippen molar-refractivity contribution in [3.8, 4) is 0 Å². The number of anilines is 2. The molecular formula is C20H27N3O3S2. The number of carbonyl (C=O) groups is 1. The normalized spacial score (nSPS) is 14.1. The Labute approximate surface area is 175 Å². The summed E-state index contributed by atoms with van der Waals surface area (Å²) in [5.74, 6) is 1.02. The number of nitrogens with zero attached hydrogens (tertiary/aromatic N) is 1. The Kier molecular flexibility index (Phi) is 6.40. The van der Waals surface area contributed by atoms with E-state index in [1.54, 1.807) is 11.3 Å². The third-order valence-corrected chi connectivity index (χ3v) is 6.03. The smallest absolute Gasteiger partial charge is 0.341 e. The van der Waals surface area contributed by atoms with Gasteiger partial charge in [0.25, 0.3) is 0 Å². The zero-order valence-corrected chi connectivity index (χ0v) is 18.4. The lowest BCUT2D eigenvalue weighted by Crippen LogP contribution is -2.20. The molecule has 1 aliphatic carbocycles. The highest BCUT2D eigenvalue weighted by Crippen LogP contribution is 2.38. The Morgan fingerprint density at radius 3 is 2.71 bits per heavy atom. The van der Waals surface area contributed by atoms with Crippen LogP contribution in [0.4, 0.5) is 10.8 Å². The molecule has 0 atom stereocenters. The maximum Gasteiger partial charge on any atom is 0.341 e. The Bertz CT molecular complexity index is 865. The third kappa shape index (κ3) is 4.72. The first kappa shape index (κ1) is 20.8. The van der Waals surface area contributed by atoms with Crippen LogP contribution in [0.15, 0.2) is 10.6 Å². The molecule has 0 spiro atoms. The molecule has 152 valence electrons. The highest BCUT2D eigenvalue weighted by atomic mass is 32.1. The molecule has 2 N–H and O–H groups in total. The van der Waals surface area contributed by atoms with E-state index in [0.717, 1.165) is 42.0 Å². The van der Waals surface area contributed by atoms with Crippen molar-refractivity contribution in [3.05, 3.63) is 27.8 Å². The van der Waals surface area contributed by atoms with Crippen molar-refractivity contribution < 1.29 is 14.1 Å². The summed E-state index contributed by atoms with van der Waals surface area (Å²) in [6.45, 7) is 8.33. The molecule has 0 aromatic carbocycles. The lowest BCUT2D eigenvalue weighted by Gasteiger charge is -2.12. The lowest BCUT2D eigenvalue weighted by molar-refractivity contribution is 0.0527. The molecule has 6 nitrogen and oxygen atoms in total. The van der Waals surface area contributed by atoms with Gasteiger partial charge in [0.05, 0.1) is 12.2 Å². The largest absolute Gasteiger partial charge is 0.462 e. The fourth-order valence-electron chi connectivity index (χ4n) is 3.19. The summed E-state index contributed by atoms with van der Waals surface area (Å²) in [5.41, 5.74) is 1.61. The zero-order chi connectivity index (χ0) is 20.3. The van der Waals surface area contributed by atoms with Crippen LogP contribution in [0.2, 0.25) is 0 Å². The zero-order valence-electron chi connectivity index (χ0n) is 16.8. The monoisotopic (exact) mass is 421 g/mol. The predicted molar refractivity (Wildman–Crippen MR) is 117 cm³/mol. The van der Waals surface area contributed by atoms with Crippen LogP contribution in [0, 0.1) is 0 Å². The summed E-state index contributed by atoms with van der Waals surface area (Å²) in [7, 11) is 0. The lowest BCUT2D eigenvalue weighted by atomic mass is 9.93. The first-order valence-corrected chi connectivity index (χ1v) is 10.9.